The minimum Gasteiger partial charge on any atom is -0.258 e. The summed E-state index contributed by atoms with van der Waals surface area (Å²) in [4.78, 5) is 13.6. The number of aryl methyl sites for hydroxylation is 1. The Hall–Kier alpha value is -1.93. The van der Waals surface area contributed by atoms with Crippen LogP contribution >= 0.6 is 11.6 Å². The first kappa shape index (κ1) is 13.5. The van der Waals surface area contributed by atoms with Crippen molar-refractivity contribution in [2.24, 2.45) is 0 Å². The van der Waals surface area contributed by atoms with Crippen molar-refractivity contribution in [2.45, 2.75) is 11.8 Å². The third kappa shape index (κ3) is 2.45. The van der Waals surface area contributed by atoms with Crippen LogP contribution in [0.2, 0.25) is 5.02 Å². The lowest BCUT2D eigenvalue weighted by atomic mass is 10.3. The molecule has 0 aliphatic rings. The number of halogens is 1. The van der Waals surface area contributed by atoms with Crippen LogP contribution in [0.3, 0.4) is 0 Å². The second-order valence-corrected chi connectivity index (χ2v) is 5.97. The van der Waals surface area contributed by atoms with Gasteiger partial charge in [0, 0.05) is 12.3 Å². The fourth-order valence-electron chi connectivity index (χ4n) is 1.44. The van der Waals surface area contributed by atoms with Gasteiger partial charge in [-0.3, -0.25) is 10.1 Å². The first-order chi connectivity index (χ1) is 8.82. The van der Waals surface area contributed by atoms with Crippen molar-refractivity contribution in [1.82, 2.24) is 8.96 Å². The van der Waals surface area contributed by atoms with E-state index in [9.17, 15) is 18.5 Å². The van der Waals surface area contributed by atoms with Crippen LogP contribution in [0.5, 0.6) is 0 Å². The first-order valence-electron chi connectivity index (χ1n) is 5.02. The van der Waals surface area contributed by atoms with Gasteiger partial charge >= 0.3 is 0 Å². The normalized spacial score (nSPS) is 11.5. The molecule has 1 aromatic heterocycles. The summed E-state index contributed by atoms with van der Waals surface area (Å²) in [5.74, 6) is 0. The summed E-state index contributed by atoms with van der Waals surface area (Å²) in [5.41, 5.74) is 0.0617. The van der Waals surface area contributed by atoms with Gasteiger partial charge in [-0.1, -0.05) is 11.6 Å². The van der Waals surface area contributed by atoms with E-state index in [0.717, 1.165) is 16.4 Å². The van der Waals surface area contributed by atoms with Crippen molar-refractivity contribution in [3.05, 3.63) is 51.6 Å². The molecule has 19 heavy (non-hydrogen) atoms. The van der Waals surface area contributed by atoms with Crippen molar-refractivity contribution < 1.29 is 13.3 Å². The fraction of sp³-hybridized carbons (Fsp3) is 0.100. The molecule has 1 heterocycles. The second kappa shape index (κ2) is 4.63. The predicted molar refractivity (Wildman–Crippen MR) is 67.7 cm³/mol. The summed E-state index contributed by atoms with van der Waals surface area (Å²) in [7, 11) is -3.90. The molecule has 7 nitrogen and oxygen atoms in total. The zero-order chi connectivity index (χ0) is 14.2. The number of hydrogen-bond donors (Lipinski definition) is 0. The Labute approximate surface area is 113 Å². The number of nitro benzene ring substituents is 1. The van der Waals surface area contributed by atoms with Gasteiger partial charge in [0.15, 0.2) is 0 Å². The Morgan fingerprint density at radius 2 is 2.11 bits per heavy atom. The van der Waals surface area contributed by atoms with E-state index in [4.69, 9.17) is 11.6 Å². The Bertz CT molecular complexity index is 754. The van der Waals surface area contributed by atoms with Gasteiger partial charge in [-0.05, 0) is 19.1 Å². The van der Waals surface area contributed by atoms with Gasteiger partial charge in [0.2, 0.25) is 0 Å². The molecule has 0 amide bonds. The SMILES string of the molecule is Cc1cn(S(=O)(=O)c2ccc(Cl)c([N+](=O)[O-])c2)cn1. The molecule has 0 atom stereocenters. The summed E-state index contributed by atoms with van der Waals surface area (Å²) in [6, 6.07) is 3.31. The highest BCUT2D eigenvalue weighted by atomic mass is 35.5. The van der Waals surface area contributed by atoms with E-state index in [1.54, 1.807) is 6.92 Å². The van der Waals surface area contributed by atoms with Gasteiger partial charge in [-0.15, -0.1) is 0 Å². The maximum absolute atomic E-state index is 12.2. The van der Waals surface area contributed by atoms with Crippen molar-refractivity contribution >= 4 is 27.3 Å². The number of rotatable bonds is 3. The fourth-order valence-corrected chi connectivity index (χ4v) is 2.84. The largest absolute Gasteiger partial charge is 0.289 e. The lowest BCUT2D eigenvalue weighted by Crippen LogP contribution is -2.11. The zero-order valence-corrected chi connectivity index (χ0v) is 11.2. The molecule has 0 aliphatic carbocycles. The number of imidazole rings is 1. The smallest absolute Gasteiger partial charge is 0.258 e. The number of nitro groups is 1. The van der Waals surface area contributed by atoms with Gasteiger partial charge in [0.1, 0.15) is 11.3 Å². The van der Waals surface area contributed by atoms with E-state index < -0.39 is 20.6 Å². The molecule has 0 aliphatic heterocycles. The summed E-state index contributed by atoms with van der Waals surface area (Å²) >= 11 is 5.64. The van der Waals surface area contributed by atoms with Crippen LogP contribution in [-0.2, 0) is 10.0 Å². The van der Waals surface area contributed by atoms with Gasteiger partial charge in [-0.25, -0.2) is 17.4 Å². The van der Waals surface area contributed by atoms with Gasteiger partial charge in [-0.2, -0.15) is 0 Å². The van der Waals surface area contributed by atoms with Crippen LogP contribution in [0.4, 0.5) is 5.69 Å². The molecule has 9 heteroatoms. The van der Waals surface area contributed by atoms with E-state index in [0.29, 0.717) is 5.69 Å². The highest BCUT2D eigenvalue weighted by Crippen LogP contribution is 2.27. The summed E-state index contributed by atoms with van der Waals surface area (Å²) < 4.78 is 25.3. The molecule has 0 fully saturated rings. The topological polar surface area (TPSA) is 95.1 Å². The summed E-state index contributed by atoms with van der Waals surface area (Å²) in [6.07, 6.45) is 2.45. The van der Waals surface area contributed by atoms with Crippen LogP contribution in [0.1, 0.15) is 5.69 Å². The molecular weight excluding hydrogens is 294 g/mol. The monoisotopic (exact) mass is 301 g/mol. The molecule has 0 radical (unpaired) electrons. The number of hydrogen-bond acceptors (Lipinski definition) is 5. The Balaban J connectivity index is 2.59. The summed E-state index contributed by atoms with van der Waals surface area (Å²) in [5, 5.41) is 10.6. The van der Waals surface area contributed by atoms with Crippen molar-refractivity contribution in [1.29, 1.82) is 0 Å². The van der Waals surface area contributed by atoms with Crippen LogP contribution in [0.25, 0.3) is 0 Å². The van der Waals surface area contributed by atoms with E-state index in [1.807, 2.05) is 0 Å². The van der Waals surface area contributed by atoms with Gasteiger partial charge < -0.3 is 0 Å². The number of benzene rings is 1. The van der Waals surface area contributed by atoms with Crippen molar-refractivity contribution in [2.75, 3.05) is 0 Å². The summed E-state index contributed by atoms with van der Waals surface area (Å²) in [6.45, 7) is 1.64. The van der Waals surface area contributed by atoms with Gasteiger partial charge in [0.25, 0.3) is 15.7 Å². The second-order valence-electron chi connectivity index (χ2n) is 3.72. The number of aromatic nitrogens is 2. The van der Waals surface area contributed by atoms with E-state index in [-0.39, 0.29) is 9.92 Å². The lowest BCUT2D eigenvalue weighted by Gasteiger charge is -2.05. The average molecular weight is 302 g/mol. The molecule has 100 valence electrons. The highest BCUT2D eigenvalue weighted by Gasteiger charge is 2.22. The zero-order valence-electron chi connectivity index (χ0n) is 9.65. The number of nitrogens with zero attached hydrogens (tertiary/aromatic N) is 3. The molecule has 0 saturated heterocycles. The first-order valence-corrected chi connectivity index (χ1v) is 6.84. The molecule has 0 saturated carbocycles. The van der Waals surface area contributed by atoms with Crippen LogP contribution in [-0.4, -0.2) is 22.3 Å². The molecule has 0 spiro atoms. The molecular formula is C10H8ClN3O4S. The van der Waals surface area contributed by atoms with Gasteiger partial charge in [0.05, 0.1) is 15.5 Å². The van der Waals surface area contributed by atoms with E-state index in [2.05, 4.69) is 4.98 Å². The predicted octanol–water partition coefficient (Wildman–Crippen LogP) is 1.99. The van der Waals surface area contributed by atoms with E-state index in [1.165, 1.54) is 18.3 Å². The highest BCUT2D eigenvalue weighted by molar-refractivity contribution is 7.90. The Kier molecular flexibility index (Phi) is 3.29. The van der Waals surface area contributed by atoms with Crippen molar-refractivity contribution in [3.8, 4) is 0 Å². The van der Waals surface area contributed by atoms with Crippen molar-refractivity contribution in [3.63, 3.8) is 0 Å². The van der Waals surface area contributed by atoms with Crippen LogP contribution < -0.4 is 0 Å². The maximum Gasteiger partial charge on any atom is 0.289 e. The maximum atomic E-state index is 12.2. The molecule has 2 rings (SSSR count). The standard InChI is InChI=1S/C10H8ClN3O4S/c1-7-5-13(6-12-7)19(17,18)8-2-3-9(11)10(4-8)14(15)16/h2-6H,1H3. The molecule has 0 bridgehead atoms. The Morgan fingerprint density at radius 3 is 2.63 bits per heavy atom. The Morgan fingerprint density at radius 1 is 1.42 bits per heavy atom. The quantitative estimate of drug-likeness (QED) is 0.638. The minimum atomic E-state index is -3.90. The van der Waals surface area contributed by atoms with Crippen LogP contribution in [0, 0.1) is 17.0 Å². The van der Waals surface area contributed by atoms with Crippen LogP contribution in [0.15, 0.2) is 35.6 Å². The minimum absolute atomic E-state index is 0.120. The van der Waals surface area contributed by atoms with E-state index >= 15 is 0 Å². The molecule has 2 aromatic rings. The molecule has 0 N–H and O–H groups in total. The third-order valence-corrected chi connectivity index (χ3v) is 4.30. The lowest BCUT2D eigenvalue weighted by molar-refractivity contribution is -0.384. The molecule has 0 unspecified atom stereocenters. The third-order valence-electron chi connectivity index (χ3n) is 2.38. The average Bonchev–Trinajstić information content (AvgIpc) is 2.76. The molecule has 1 aromatic carbocycles.